The predicted molar refractivity (Wildman–Crippen MR) is 52.1 cm³/mol. The minimum Gasteiger partial charge on any atom is -0.388 e. The van der Waals surface area contributed by atoms with E-state index in [0.29, 0.717) is 11.6 Å². The van der Waals surface area contributed by atoms with Gasteiger partial charge in [-0.3, -0.25) is 0 Å². The second kappa shape index (κ2) is 3.96. The topological polar surface area (TPSA) is 63.8 Å². The van der Waals surface area contributed by atoms with Gasteiger partial charge in [0, 0.05) is 12.7 Å². The second-order valence-corrected chi connectivity index (χ2v) is 2.60. The molecule has 0 fully saturated rings. The number of nitrogens with zero attached hydrogens (tertiary/aromatic N) is 2. The van der Waals surface area contributed by atoms with Crippen LogP contribution in [0.2, 0.25) is 0 Å². The summed E-state index contributed by atoms with van der Waals surface area (Å²) >= 11 is 4.77. The van der Waals surface area contributed by atoms with Crippen molar-refractivity contribution in [3.63, 3.8) is 0 Å². The molecule has 0 amide bonds. The van der Waals surface area contributed by atoms with Gasteiger partial charge in [-0.2, -0.15) is 0 Å². The maximum Gasteiger partial charge on any atom is 0.223 e. The van der Waals surface area contributed by atoms with Crippen molar-refractivity contribution in [1.82, 2.24) is 9.97 Å². The lowest BCUT2D eigenvalue weighted by atomic mass is 10.4. The third kappa shape index (κ3) is 2.13. The Hall–Kier alpha value is -1.23. The molecule has 0 aliphatic rings. The number of anilines is 1. The Labute approximate surface area is 76.2 Å². The molecule has 4 nitrogen and oxygen atoms in total. The van der Waals surface area contributed by atoms with Gasteiger partial charge in [-0.15, -0.1) is 0 Å². The van der Waals surface area contributed by atoms with Crippen LogP contribution >= 0.6 is 12.2 Å². The van der Waals surface area contributed by atoms with Gasteiger partial charge in [0.25, 0.3) is 0 Å². The lowest BCUT2D eigenvalue weighted by Crippen LogP contribution is -2.13. The van der Waals surface area contributed by atoms with E-state index in [0.717, 1.165) is 6.54 Å². The standard InChI is InChI=1S/C7H10N4S/c1-2-9-7-10-4-3-5(11-7)6(8)12/h3-4H,2H2,1H3,(H2,8,12)(H,9,10,11). The van der Waals surface area contributed by atoms with Gasteiger partial charge in [0.2, 0.25) is 5.95 Å². The van der Waals surface area contributed by atoms with Crippen LogP contribution in [0, 0.1) is 0 Å². The Balaban J connectivity index is 2.88. The van der Waals surface area contributed by atoms with E-state index in [4.69, 9.17) is 18.0 Å². The summed E-state index contributed by atoms with van der Waals surface area (Å²) in [6.45, 7) is 2.75. The highest BCUT2D eigenvalue weighted by molar-refractivity contribution is 7.80. The van der Waals surface area contributed by atoms with Gasteiger partial charge in [0.1, 0.15) is 10.7 Å². The molecule has 1 aromatic heterocycles. The largest absolute Gasteiger partial charge is 0.388 e. The fourth-order valence-corrected chi connectivity index (χ4v) is 0.853. The van der Waals surface area contributed by atoms with E-state index in [9.17, 15) is 0 Å². The monoisotopic (exact) mass is 182 g/mol. The minimum atomic E-state index is 0.288. The molecule has 1 rings (SSSR count). The van der Waals surface area contributed by atoms with Crippen LogP contribution in [-0.2, 0) is 0 Å². The summed E-state index contributed by atoms with van der Waals surface area (Å²) in [5, 5.41) is 2.97. The third-order valence-electron chi connectivity index (χ3n) is 1.24. The summed E-state index contributed by atoms with van der Waals surface area (Å²) in [4.78, 5) is 8.34. The van der Waals surface area contributed by atoms with Crippen molar-refractivity contribution in [3.05, 3.63) is 18.0 Å². The van der Waals surface area contributed by atoms with Crippen LogP contribution in [0.15, 0.2) is 12.3 Å². The molecular weight excluding hydrogens is 172 g/mol. The fourth-order valence-electron chi connectivity index (χ4n) is 0.739. The van der Waals surface area contributed by atoms with Crippen LogP contribution in [0.4, 0.5) is 5.95 Å². The maximum atomic E-state index is 5.39. The molecular formula is C7H10N4S. The summed E-state index contributed by atoms with van der Waals surface area (Å²) in [7, 11) is 0. The number of hydrogen-bond acceptors (Lipinski definition) is 4. The first-order valence-corrected chi connectivity index (χ1v) is 4.01. The van der Waals surface area contributed by atoms with Crippen LogP contribution < -0.4 is 11.1 Å². The van der Waals surface area contributed by atoms with Gasteiger partial charge in [-0.25, -0.2) is 9.97 Å². The number of nitrogens with one attached hydrogen (secondary N) is 1. The Morgan fingerprint density at radius 3 is 3.08 bits per heavy atom. The minimum absolute atomic E-state index is 0.288. The van der Waals surface area contributed by atoms with E-state index >= 15 is 0 Å². The fraction of sp³-hybridized carbons (Fsp3) is 0.286. The Morgan fingerprint density at radius 2 is 2.50 bits per heavy atom. The van der Waals surface area contributed by atoms with Crippen LogP contribution in [0.5, 0.6) is 0 Å². The smallest absolute Gasteiger partial charge is 0.223 e. The van der Waals surface area contributed by atoms with E-state index in [2.05, 4.69) is 15.3 Å². The highest BCUT2D eigenvalue weighted by Gasteiger charge is 1.99. The first kappa shape index (κ1) is 8.86. The van der Waals surface area contributed by atoms with Gasteiger partial charge in [0.05, 0.1) is 0 Å². The summed E-state index contributed by atoms with van der Waals surface area (Å²) < 4.78 is 0. The zero-order valence-electron chi connectivity index (χ0n) is 6.74. The molecule has 0 bridgehead atoms. The third-order valence-corrected chi connectivity index (χ3v) is 1.45. The van der Waals surface area contributed by atoms with E-state index in [-0.39, 0.29) is 4.99 Å². The highest BCUT2D eigenvalue weighted by atomic mass is 32.1. The Bertz CT molecular complexity index is 286. The molecule has 0 unspecified atom stereocenters. The molecule has 0 saturated carbocycles. The molecule has 0 aliphatic heterocycles. The summed E-state index contributed by atoms with van der Waals surface area (Å²) in [5.74, 6) is 0.558. The van der Waals surface area contributed by atoms with Crippen LogP contribution in [0.1, 0.15) is 12.6 Å². The molecule has 5 heteroatoms. The van der Waals surface area contributed by atoms with Crippen molar-refractivity contribution < 1.29 is 0 Å². The van der Waals surface area contributed by atoms with Gasteiger partial charge in [0.15, 0.2) is 0 Å². The summed E-state index contributed by atoms with van der Waals surface area (Å²) in [5.41, 5.74) is 5.99. The van der Waals surface area contributed by atoms with Crippen LogP contribution in [0.3, 0.4) is 0 Å². The number of aromatic nitrogens is 2. The van der Waals surface area contributed by atoms with E-state index in [1.54, 1.807) is 12.3 Å². The van der Waals surface area contributed by atoms with E-state index < -0.39 is 0 Å². The highest BCUT2D eigenvalue weighted by Crippen LogP contribution is 1.99. The lowest BCUT2D eigenvalue weighted by molar-refractivity contribution is 1.08. The van der Waals surface area contributed by atoms with Gasteiger partial charge in [-0.05, 0) is 13.0 Å². The average Bonchev–Trinajstić information content (AvgIpc) is 2.05. The van der Waals surface area contributed by atoms with Crippen LogP contribution in [-0.4, -0.2) is 21.5 Å². The van der Waals surface area contributed by atoms with Crippen LogP contribution in [0.25, 0.3) is 0 Å². The van der Waals surface area contributed by atoms with Crippen molar-refractivity contribution in [3.8, 4) is 0 Å². The first-order valence-electron chi connectivity index (χ1n) is 3.60. The first-order chi connectivity index (χ1) is 5.74. The number of nitrogens with two attached hydrogens (primary N) is 1. The van der Waals surface area contributed by atoms with E-state index in [1.807, 2.05) is 6.92 Å². The van der Waals surface area contributed by atoms with Crippen molar-refractivity contribution in [2.24, 2.45) is 5.73 Å². The molecule has 64 valence electrons. The Kier molecular flexibility index (Phi) is 2.93. The Morgan fingerprint density at radius 1 is 1.75 bits per heavy atom. The van der Waals surface area contributed by atoms with Gasteiger partial charge < -0.3 is 11.1 Å². The summed E-state index contributed by atoms with van der Waals surface area (Å²) in [6.07, 6.45) is 1.62. The molecule has 12 heavy (non-hydrogen) atoms. The van der Waals surface area contributed by atoms with Gasteiger partial charge >= 0.3 is 0 Å². The zero-order valence-corrected chi connectivity index (χ0v) is 7.56. The molecule has 1 aromatic rings. The predicted octanol–water partition coefficient (Wildman–Crippen LogP) is 0.543. The molecule has 0 radical (unpaired) electrons. The van der Waals surface area contributed by atoms with Crippen molar-refractivity contribution in [1.29, 1.82) is 0 Å². The zero-order chi connectivity index (χ0) is 8.97. The molecule has 1 heterocycles. The maximum absolute atomic E-state index is 5.39. The number of hydrogen-bond donors (Lipinski definition) is 2. The normalized spacial score (nSPS) is 9.42. The second-order valence-electron chi connectivity index (χ2n) is 2.16. The number of rotatable bonds is 3. The molecule has 0 saturated heterocycles. The molecule has 0 atom stereocenters. The van der Waals surface area contributed by atoms with E-state index in [1.165, 1.54) is 0 Å². The van der Waals surface area contributed by atoms with Crippen molar-refractivity contribution >= 4 is 23.2 Å². The molecule has 0 aliphatic carbocycles. The van der Waals surface area contributed by atoms with Crippen molar-refractivity contribution in [2.45, 2.75) is 6.92 Å². The summed E-state index contributed by atoms with van der Waals surface area (Å²) in [6, 6.07) is 1.68. The lowest BCUT2D eigenvalue weighted by Gasteiger charge is -2.01. The van der Waals surface area contributed by atoms with Crippen molar-refractivity contribution in [2.75, 3.05) is 11.9 Å². The average molecular weight is 182 g/mol. The SMILES string of the molecule is CCNc1nccc(C(N)=S)n1. The molecule has 0 spiro atoms. The molecule has 0 aromatic carbocycles. The molecule has 3 N–H and O–H groups in total. The van der Waals surface area contributed by atoms with Gasteiger partial charge in [-0.1, -0.05) is 12.2 Å². The number of thiocarbonyl (C=S) groups is 1. The quantitative estimate of drug-likeness (QED) is 0.668.